The second-order valence-corrected chi connectivity index (χ2v) is 3.96. The van der Waals surface area contributed by atoms with Crippen LogP contribution in [0.25, 0.3) is 0 Å². The maximum atomic E-state index is 10.9. The van der Waals surface area contributed by atoms with E-state index in [1.807, 2.05) is 0 Å². The lowest BCUT2D eigenvalue weighted by molar-refractivity contribution is -0.113. The first kappa shape index (κ1) is 10.8. The van der Waals surface area contributed by atoms with Crippen LogP contribution >= 0.6 is 39.1 Å². The Morgan fingerprint density at radius 1 is 1.46 bits per heavy atom. The SMILES string of the molecule is O=C(CCl)Nc1cc(Cl)cc(Br)c1. The van der Waals surface area contributed by atoms with Crippen LogP contribution in [-0.2, 0) is 4.79 Å². The number of amides is 1. The van der Waals surface area contributed by atoms with Crippen molar-refractivity contribution in [3.63, 3.8) is 0 Å². The number of nitrogens with one attached hydrogen (secondary N) is 1. The molecule has 0 saturated heterocycles. The number of anilines is 1. The normalized spacial score (nSPS) is 9.77. The summed E-state index contributed by atoms with van der Waals surface area (Å²) >= 11 is 14.3. The first-order chi connectivity index (χ1) is 6.11. The maximum absolute atomic E-state index is 10.9. The van der Waals surface area contributed by atoms with Crippen LogP contribution in [0.15, 0.2) is 22.7 Å². The minimum Gasteiger partial charge on any atom is -0.325 e. The summed E-state index contributed by atoms with van der Waals surface area (Å²) in [7, 11) is 0. The molecule has 0 aliphatic heterocycles. The Labute approximate surface area is 94.3 Å². The molecule has 0 unspecified atom stereocenters. The maximum Gasteiger partial charge on any atom is 0.239 e. The fraction of sp³-hybridized carbons (Fsp3) is 0.125. The topological polar surface area (TPSA) is 29.1 Å². The monoisotopic (exact) mass is 281 g/mol. The van der Waals surface area contributed by atoms with E-state index in [0.29, 0.717) is 10.7 Å². The molecule has 0 saturated carbocycles. The van der Waals surface area contributed by atoms with Gasteiger partial charge in [0.15, 0.2) is 0 Å². The van der Waals surface area contributed by atoms with E-state index in [9.17, 15) is 4.79 Å². The van der Waals surface area contributed by atoms with Crippen molar-refractivity contribution in [2.45, 2.75) is 0 Å². The van der Waals surface area contributed by atoms with Crippen LogP contribution in [0.2, 0.25) is 5.02 Å². The fourth-order valence-corrected chi connectivity index (χ4v) is 1.75. The summed E-state index contributed by atoms with van der Waals surface area (Å²) in [5.41, 5.74) is 0.630. The second-order valence-electron chi connectivity index (χ2n) is 2.34. The molecule has 0 radical (unpaired) electrons. The minimum absolute atomic E-state index is 0.0653. The van der Waals surface area contributed by atoms with Crippen molar-refractivity contribution in [3.05, 3.63) is 27.7 Å². The average molecular weight is 283 g/mol. The molecule has 1 aromatic rings. The fourth-order valence-electron chi connectivity index (χ4n) is 0.820. The highest BCUT2D eigenvalue weighted by atomic mass is 79.9. The van der Waals surface area contributed by atoms with Gasteiger partial charge in [0.25, 0.3) is 0 Å². The zero-order valence-corrected chi connectivity index (χ0v) is 9.58. The Hall–Kier alpha value is -0.250. The third kappa shape index (κ3) is 3.55. The van der Waals surface area contributed by atoms with Gasteiger partial charge in [0, 0.05) is 15.2 Å². The van der Waals surface area contributed by atoms with E-state index in [-0.39, 0.29) is 11.8 Å². The molecule has 13 heavy (non-hydrogen) atoms. The molecule has 0 aromatic heterocycles. The van der Waals surface area contributed by atoms with Gasteiger partial charge in [-0.1, -0.05) is 27.5 Å². The number of halogens is 3. The van der Waals surface area contributed by atoms with Gasteiger partial charge >= 0.3 is 0 Å². The predicted molar refractivity (Wildman–Crippen MR) is 58.5 cm³/mol. The highest BCUT2D eigenvalue weighted by Crippen LogP contribution is 2.22. The van der Waals surface area contributed by atoms with E-state index >= 15 is 0 Å². The second kappa shape index (κ2) is 4.84. The quantitative estimate of drug-likeness (QED) is 0.829. The van der Waals surface area contributed by atoms with Gasteiger partial charge in [0.2, 0.25) is 5.91 Å². The lowest BCUT2D eigenvalue weighted by Crippen LogP contribution is -2.12. The summed E-state index contributed by atoms with van der Waals surface area (Å²) in [4.78, 5) is 10.9. The first-order valence-electron chi connectivity index (χ1n) is 3.43. The summed E-state index contributed by atoms with van der Waals surface area (Å²) < 4.78 is 0.810. The largest absolute Gasteiger partial charge is 0.325 e. The van der Waals surface area contributed by atoms with Crippen LogP contribution in [0.4, 0.5) is 5.69 Å². The van der Waals surface area contributed by atoms with Crippen molar-refractivity contribution in [2.24, 2.45) is 0 Å². The lowest BCUT2D eigenvalue weighted by Gasteiger charge is -2.03. The average Bonchev–Trinajstić information content (AvgIpc) is 2.02. The van der Waals surface area contributed by atoms with Gasteiger partial charge in [0.1, 0.15) is 5.88 Å². The minimum atomic E-state index is -0.254. The number of benzene rings is 1. The van der Waals surface area contributed by atoms with Crippen LogP contribution in [0.3, 0.4) is 0 Å². The summed E-state index contributed by atoms with van der Waals surface area (Å²) in [5, 5.41) is 3.14. The summed E-state index contributed by atoms with van der Waals surface area (Å²) in [6.07, 6.45) is 0. The molecule has 2 nitrogen and oxygen atoms in total. The van der Waals surface area contributed by atoms with Crippen molar-refractivity contribution in [1.82, 2.24) is 0 Å². The number of rotatable bonds is 2. The van der Waals surface area contributed by atoms with Gasteiger partial charge < -0.3 is 5.32 Å². The van der Waals surface area contributed by atoms with E-state index in [2.05, 4.69) is 21.2 Å². The van der Waals surface area contributed by atoms with E-state index in [4.69, 9.17) is 23.2 Å². The molecule has 5 heteroatoms. The summed E-state index contributed by atoms with van der Waals surface area (Å²) in [5.74, 6) is -0.319. The molecule has 0 atom stereocenters. The van der Waals surface area contributed by atoms with Crippen LogP contribution in [0.5, 0.6) is 0 Å². The molecule has 1 rings (SSSR count). The molecular weight excluding hydrogens is 277 g/mol. The third-order valence-electron chi connectivity index (χ3n) is 1.27. The number of hydrogen-bond acceptors (Lipinski definition) is 1. The Morgan fingerprint density at radius 3 is 2.69 bits per heavy atom. The molecule has 0 aliphatic carbocycles. The molecule has 0 fully saturated rings. The highest BCUT2D eigenvalue weighted by molar-refractivity contribution is 9.10. The van der Waals surface area contributed by atoms with Crippen molar-refractivity contribution in [3.8, 4) is 0 Å². The van der Waals surface area contributed by atoms with Gasteiger partial charge in [-0.2, -0.15) is 0 Å². The zero-order chi connectivity index (χ0) is 9.84. The molecule has 0 bridgehead atoms. The summed E-state index contributed by atoms with van der Waals surface area (Å²) in [6.45, 7) is 0. The third-order valence-corrected chi connectivity index (χ3v) is 2.19. The molecule has 1 aromatic carbocycles. The smallest absolute Gasteiger partial charge is 0.239 e. The first-order valence-corrected chi connectivity index (χ1v) is 5.14. The van der Waals surface area contributed by atoms with Crippen LogP contribution < -0.4 is 5.32 Å². The van der Waals surface area contributed by atoms with E-state index in [1.165, 1.54) is 0 Å². The molecule has 1 amide bonds. The Kier molecular flexibility index (Phi) is 4.03. The van der Waals surface area contributed by atoms with Crippen molar-refractivity contribution >= 4 is 50.7 Å². The Balaban J connectivity index is 2.83. The Bertz CT molecular complexity index is 310. The van der Waals surface area contributed by atoms with E-state index in [1.54, 1.807) is 18.2 Å². The molecule has 70 valence electrons. The molecule has 0 aliphatic rings. The molecule has 0 spiro atoms. The van der Waals surface area contributed by atoms with Gasteiger partial charge in [-0.15, -0.1) is 11.6 Å². The van der Waals surface area contributed by atoms with E-state index in [0.717, 1.165) is 4.47 Å². The number of hydrogen-bond donors (Lipinski definition) is 1. The predicted octanol–water partition coefficient (Wildman–Crippen LogP) is 3.28. The van der Waals surface area contributed by atoms with Crippen LogP contribution in [0, 0.1) is 0 Å². The Morgan fingerprint density at radius 2 is 2.15 bits per heavy atom. The van der Waals surface area contributed by atoms with Crippen molar-refractivity contribution in [1.29, 1.82) is 0 Å². The van der Waals surface area contributed by atoms with E-state index < -0.39 is 0 Å². The zero-order valence-electron chi connectivity index (χ0n) is 6.48. The van der Waals surface area contributed by atoms with Crippen LogP contribution in [0.1, 0.15) is 0 Å². The van der Waals surface area contributed by atoms with Gasteiger partial charge in [-0.3, -0.25) is 4.79 Å². The lowest BCUT2D eigenvalue weighted by atomic mass is 10.3. The number of carbonyl (C=O) groups excluding carboxylic acids is 1. The highest BCUT2D eigenvalue weighted by Gasteiger charge is 2.01. The number of alkyl halides is 1. The molecule has 1 N–H and O–H groups in total. The van der Waals surface area contributed by atoms with Crippen molar-refractivity contribution < 1.29 is 4.79 Å². The van der Waals surface area contributed by atoms with Gasteiger partial charge in [0.05, 0.1) is 0 Å². The molecule has 0 heterocycles. The summed E-state index contributed by atoms with van der Waals surface area (Å²) in [6, 6.07) is 5.13. The van der Waals surface area contributed by atoms with Gasteiger partial charge in [-0.05, 0) is 18.2 Å². The van der Waals surface area contributed by atoms with Gasteiger partial charge in [-0.25, -0.2) is 0 Å². The molecular formula is C8H6BrCl2NO. The number of carbonyl (C=O) groups is 1. The standard InChI is InChI=1S/C8H6BrCl2NO/c9-5-1-6(11)3-7(2-5)12-8(13)4-10/h1-3H,4H2,(H,12,13). The van der Waals surface area contributed by atoms with Crippen LogP contribution in [-0.4, -0.2) is 11.8 Å². The van der Waals surface area contributed by atoms with Crippen molar-refractivity contribution in [2.75, 3.05) is 11.2 Å².